The van der Waals surface area contributed by atoms with Gasteiger partial charge in [0, 0.05) is 43.6 Å². The van der Waals surface area contributed by atoms with Gasteiger partial charge in [0.2, 0.25) is 5.91 Å². The molecule has 6 atom stereocenters. The summed E-state index contributed by atoms with van der Waals surface area (Å²) in [7, 11) is 3.45. The average molecular weight is 489 g/mol. The Kier molecular flexibility index (Phi) is 7.17. The second-order valence-electron chi connectivity index (χ2n) is 10.2. The van der Waals surface area contributed by atoms with Crippen LogP contribution < -0.4 is 10.6 Å². The summed E-state index contributed by atoms with van der Waals surface area (Å²) in [6.45, 7) is 7.23. The van der Waals surface area contributed by atoms with E-state index in [4.69, 9.17) is 9.72 Å². The Bertz CT molecular complexity index is 1050. The molecule has 2 heterocycles. The Morgan fingerprint density at radius 1 is 1.44 bits per heavy atom. The third kappa shape index (κ3) is 4.53. The first-order valence-corrected chi connectivity index (χ1v) is 12.8. The standard InChI is InChI=1S/C25H36N4O4S/c1-14(22(31)26-10-12-33-5)16-8-9-25(3)13-18-20(15(2)19(25)21(16)30)27-24(34-18)28-23(32)17-7-6-11-29(17)4/h6-7,11,14-16,19,21,30H,8-10,12-13H2,1-5H3,(H,26,31)(H,27,28,32)/t14-,15-,16-,19+,21-,25-/m0/s1. The molecule has 0 bridgehead atoms. The zero-order valence-corrected chi connectivity index (χ0v) is 21.4. The van der Waals surface area contributed by atoms with E-state index in [1.807, 2.05) is 26.2 Å². The summed E-state index contributed by atoms with van der Waals surface area (Å²) in [6.07, 6.45) is 3.83. The van der Waals surface area contributed by atoms with Crippen LogP contribution in [-0.4, -0.2) is 52.8 Å². The molecule has 0 saturated heterocycles. The van der Waals surface area contributed by atoms with E-state index in [9.17, 15) is 14.7 Å². The highest BCUT2D eigenvalue weighted by molar-refractivity contribution is 7.15. The molecule has 2 aliphatic carbocycles. The average Bonchev–Trinajstić information content (AvgIpc) is 3.39. The number of ether oxygens (including phenoxy) is 1. The molecule has 2 aromatic rings. The van der Waals surface area contributed by atoms with Gasteiger partial charge in [-0.05, 0) is 48.6 Å². The van der Waals surface area contributed by atoms with Gasteiger partial charge in [-0.2, -0.15) is 0 Å². The number of fused-ring (bicyclic) bond motifs is 2. The van der Waals surface area contributed by atoms with Gasteiger partial charge in [-0.1, -0.05) is 20.8 Å². The third-order valence-corrected chi connectivity index (χ3v) is 8.97. The lowest BCUT2D eigenvalue weighted by Gasteiger charge is -2.53. The van der Waals surface area contributed by atoms with Crippen molar-refractivity contribution in [2.24, 2.45) is 30.2 Å². The number of rotatable bonds is 7. The van der Waals surface area contributed by atoms with Gasteiger partial charge in [0.05, 0.1) is 18.4 Å². The number of thiazole rings is 1. The van der Waals surface area contributed by atoms with E-state index in [-0.39, 0.29) is 40.9 Å². The van der Waals surface area contributed by atoms with Crippen LogP contribution in [0.3, 0.4) is 0 Å². The fourth-order valence-electron chi connectivity index (χ4n) is 6.09. The van der Waals surface area contributed by atoms with E-state index in [0.29, 0.717) is 24.0 Å². The molecular formula is C25H36N4O4S. The fraction of sp³-hybridized carbons (Fsp3) is 0.640. The molecule has 186 valence electrons. The van der Waals surface area contributed by atoms with Crippen molar-refractivity contribution in [2.75, 3.05) is 25.6 Å². The molecule has 1 saturated carbocycles. The minimum absolute atomic E-state index is 0.00602. The van der Waals surface area contributed by atoms with Crippen molar-refractivity contribution in [2.45, 2.75) is 52.1 Å². The van der Waals surface area contributed by atoms with Crippen LogP contribution in [0.1, 0.15) is 60.6 Å². The molecule has 2 amide bonds. The summed E-state index contributed by atoms with van der Waals surface area (Å²) in [4.78, 5) is 31.3. The Labute approximate surface area is 205 Å². The van der Waals surface area contributed by atoms with Crippen LogP contribution in [0, 0.1) is 23.2 Å². The minimum atomic E-state index is -0.590. The largest absolute Gasteiger partial charge is 0.392 e. The quantitative estimate of drug-likeness (QED) is 0.519. The Morgan fingerprint density at radius 2 is 2.21 bits per heavy atom. The van der Waals surface area contributed by atoms with Gasteiger partial charge < -0.3 is 19.7 Å². The highest BCUT2D eigenvalue weighted by Crippen LogP contribution is 2.57. The summed E-state index contributed by atoms with van der Waals surface area (Å²) in [5, 5.41) is 18.0. The molecule has 8 nitrogen and oxygen atoms in total. The molecule has 0 aliphatic heterocycles. The molecule has 34 heavy (non-hydrogen) atoms. The molecule has 9 heteroatoms. The summed E-state index contributed by atoms with van der Waals surface area (Å²) in [5.41, 5.74) is 1.48. The molecule has 0 aromatic carbocycles. The first kappa shape index (κ1) is 24.9. The summed E-state index contributed by atoms with van der Waals surface area (Å²) < 4.78 is 6.81. The van der Waals surface area contributed by atoms with E-state index in [1.165, 1.54) is 16.2 Å². The minimum Gasteiger partial charge on any atom is -0.392 e. The number of hydrogen-bond donors (Lipinski definition) is 3. The number of nitrogens with zero attached hydrogens (tertiary/aromatic N) is 2. The van der Waals surface area contributed by atoms with Gasteiger partial charge in [-0.25, -0.2) is 4.98 Å². The molecule has 1 fully saturated rings. The predicted molar refractivity (Wildman–Crippen MR) is 132 cm³/mol. The maximum Gasteiger partial charge on any atom is 0.274 e. The van der Waals surface area contributed by atoms with E-state index in [2.05, 4.69) is 24.5 Å². The molecule has 2 aliphatic rings. The lowest BCUT2D eigenvalue weighted by Crippen LogP contribution is -2.53. The van der Waals surface area contributed by atoms with Crippen LogP contribution in [0.25, 0.3) is 0 Å². The zero-order chi connectivity index (χ0) is 24.6. The van der Waals surface area contributed by atoms with Gasteiger partial charge in [0.25, 0.3) is 5.91 Å². The van der Waals surface area contributed by atoms with Crippen molar-refractivity contribution < 1.29 is 19.4 Å². The number of aliphatic hydroxyl groups excluding tert-OH is 1. The van der Waals surface area contributed by atoms with E-state index < -0.39 is 6.10 Å². The number of nitrogens with one attached hydrogen (secondary N) is 2. The number of amides is 2. The van der Waals surface area contributed by atoms with Gasteiger partial charge in [0.1, 0.15) is 5.69 Å². The van der Waals surface area contributed by atoms with E-state index in [0.717, 1.165) is 25.0 Å². The maximum absolute atomic E-state index is 12.7. The van der Waals surface area contributed by atoms with Crippen molar-refractivity contribution in [1.82, 2.24) is 14.9 Å². The summed E-state index contributed by atoms with van der Waals surface area (Å²) in [6, 6.07) is 3.62. The molecule has 2 aromatic heterocycles. The van der Waals surface area contributed by atoms with Crippen LogP contribution in [0.5, 0.6) is 0 Å². The van der Waals surface area contributed by atoms with E-state index in [1.54, 1.807) is 17.7 Å². The van der Waals surface area contributed by atoms with Gasteiger partial charge in [-0.15, -0.1) is 11.3 Å². The van der Waals surface area contributed by atoms with Crippen molar-refractivity contribution in [3.05, 3.63) is 34.6 Å². The number of carbonyl (C=O) groups is 2. The third-order valence-electron chi connectivity index (χ3n) is 7.98. The monoisotopic (exact) mass is 488 g/mol. The van der Waals surface area contributed by atoms with Crippen LogP contribution in [0.2, 0.25) is 0 Å². The van der Waals surface area contributed by atoms with Crippen LogP contribution >= 0.6 is 11.3 Å². The lowest BCUT2D eigenvalue weighted by molar-refractivity contribution is -0.135. The number of anilines is 1. The van der Waals surface area contributed by atoms with Gasteiger partial charge in [-0.3, -0.25) is 14.9 Å². The van der Waals surface area contributed by atoms with Crippen LogP contribution in [0.15, 0.2) is 18.3 Å². The van der Waals surface area contributed by atoms with Crippen molar-refractivity contribution >= 4 is 28.3 Å². The predicted octanol–water partition coefficient (Wildman–Crippen LogP) is 3.19. The first-order valence-electron chi connectivity index (χ1n) is 12.0. The molecule has 0 unspecified atom stereocenters. The first-order chi connectivity index (χ1) is 16.2. The van der Waals surface area contributed by atoms with Crippen molar-refractivity contribution in [3.63, 3.8) is 0 Å². The lowest BCUT2D eigenvalue weighted by atomic mass is 9.53. The summed E-state index contributed by atoms with van der Waals surface area (Å²) >= 11 is 1.54. The number of hydrogen-bond acceptors (Lipinski definition) is 6. The van der Waals surface area contributed by atoms with Crippen LogP contribution in [0.4, 0.5) is 5.13 Å². The van der Waals surface area contributed by atoms with Crippen molar-refractivity contribution in [1.29, 1.82) is 0 Å². The second-order valence-corrected chi connectivity index (χ2v) is 11.3. The SMILES string of the molecule is COCCNC(=O)[C@@H](C)[C@@H]1CC[C@@]2(C)Cc3sc(NC(=O)c4cccn4C)nc3[C@@H](C)[C@@H]2[C@H]1O. The number of methoxy groups -OCH3 is 1. The highest BCUT2D eigenvalue weighted by atomic mass is 32.1. The zero-order valence-electron chi connectivity index (χ0n) is 20.6. The Balaban J connectivity index is 1.51. The molecule has 4 rings (SSSR count). The topological polar surface area (TPSA) is 105 Å². The van der Waals surface area contributed by atoms with E-state index >= 15 is 0 Å². The van der Waals surface area contributed by atoms with Crippen molar-refractivity contribution in [3.8, 4) is 0 Å². The van der Waals surface area contributed by atoms with Gasteiger partial charge >= 0.3 is 0 Å². The Hall–Kier alpha value is -2.23. The normalized spacial score (nSPS) is 29.1. The Morgan fingerprint density at radius 3 is 2.88 bits per heavy atom. The molecule has 3 N–H and O–H groups in total. The fourth-order valence-corrected chi connectivity index (χ4v) is 7.35. The number of aryl methyl sites for hydroxylation is 1. The maximum atomic E-state index is 12.7. The molecule has 0 spiro atoms. The number of aromatic nitrogens is 2. The molecular weight excluding hydrogens is 452 g/mol. The summed E-state index contributed by atoms with van der Waals surface area (Å²) in [5.74, 6) is -0.546. The molecule has 0 radical (unpaired) electrons. The number of carbonyl (C=O) groups excluding carboxylic acids is 2. The smallest absolute Gasteiger partial charge is 0.274 e. The highest BCUT2D eigenvalue weighted by Gasteiger charge is 2.53. The van der Waals surface area contributed by atoms with Crippen LogP contribution in [-0.2, 0) is 23.0 Å². The van der Waals surface area contributed by atoms with Gasteiger partial charge in [0.15, 0.2) is 5.13 Å². The second kappa shape index (κ2) is 9.79. The number of aliphatic hydroxyl groups is 1.